The SMILES string of the molecule is C[C@@H]1[C@@H](N2Cc3c(N)cccc3C2=O)C[C@H]2C[C@@H]1C2(C)C. The number of fused-ring (bicyclic) bond motifs is 3. The fourth-order valence-electron chi connectivity index (χ4n) is 5.18. The molecule has 0 radical (unpaired) electrons. The zero-order valence-electron chi connectivity index (χ0n) is 13.1. The maximum Gasteiger partial charge on any atom is 0.254 e. The van der Waals surface area contributed by atoms with Crippen LogP contribution in [0.3, 0.4) is 0 Å². The van der Waals surface area contributed by atoms with Crippen LogP contribution in [-0.2, 0) is 6.54 Å². The van der Waals surface area contributed by atoms with Crippen molar-refractivity contribution < 1.29 is 4.79 Å². The van der Waals surface area contributed by atoms with Gasteiger partial charge in [-0.15, -0.1) is 0 Å². The third kappa shape index (κ3) is 1.58. The van der Waals surface area contributed by atoms with Crippen LogP contribution in [0, 0.1) is 23.2 Å². The molecular formula is C18H24N2O. The molecule has 112 valence electrons. The third-order valence-corrected chi connectivity index (χ3v) is 6.75. The highest BCUT2D eigenvalue weighted by Crippen LogP contribution is 2.62. The van der Waals surface area contributed by atoms with Crippen LogP contribution in [0.25, 0.3) is 0 Å². The van der Waals surface area contributed by atoms with E-state index in [2.05, 4.69) is 25.7 Å². The molecule has 0 unspecified atom stereocenters. The van der Waals surface area contributed by atoms with Crippen LogP contribution in [0.4, 0.5) is 5.69 Å². The van der Waals surface area contributed by atoms with E-state index < -0.39 is 0 Å². The van der Waals surface area contributed by atoms with E-state index in [1.165, 1.54) is 6.42 Å². The standard InChI is InChI=1S/C18H24N2O/c1-10-14-7-11(18(14,2)3)8-16(10)20-9-13-12(17(20)21)5-4-6-15(13)19/h4-6,10-11,14,16H,7-9,19H2,1-3H3/t10-,11+,14-,16-/m0/s1. The van der Waals surface area contributed by atoms with E-state index in [0.29, 0.717) is 23.9 Å². The number of carbonyl (C=O) groups is 1. The van der Waals surface area contributed by atoms with Crippen LogP contribution >= 0.6 is 0 Å². The van der Waals surface area contributed by atoms with Crippen LogP contribution in [0.15, 0.2) is 18.2 Å². The minimum atomic E-state index is 0.188. The molecule has 0 spiro atoms. The minimum Gasteiger partial charge on any atom is -0.398 e. The molecule has 0 aromatic heterocycles. The number of amides is 1. The first-order valence-electron chi connectivity index (χ1n) is 8.09. The first-order valence-corrected chi connectivity index (χ1v) is 8.09. The maximum absolute atomic E-state index is 12.7. The Kier molecular flexibility index (Phi) is 2.52. The molecule has 1 aromatic rings. The van der Waals surface area contributed by atoms with Crippen molar-refractivity contribution in [2.75, 3.05) is 5.73 Å². The van der Waals surface area contributed by atoms with Gasteiger partial charge in [0, 0.05) is 29.4 Å². The Labute approximate surface area is 126 Å². The Morgan fingerprint density at radius 2 is 2.05 bits per heavy atom. The van der Waals surface area contributed by atoms with Gasteiger partial charge in [-0.2, -0.15) is 0 Å². The summed E-state index contributed by atoms with van der Waals surface area (Å²) in [6.45, 7) is 7.84. The Morgan fingerprint density at radius 3 is 2.67 bits per heavy atom. The molecule has 4 aliphatic rings. The van der Waals surface area contributed by atoms with Crippen molar-refractivity contribution in [3.05, 3.63) is 29.3 Å². The summed E-state index contributed by atoms with van der Waals surface area (Å²) < 4.78 is 0. The molecule has 4 atom stereocenters. The van der Waals surface area contributed by atoms with Gasteiger partial charge in [0.25, 0.3) is 5.91 Å². The highest BCUT2D eigenvalue weighted by atomic mass is 16.2. The number of nitrogens with zero attached hydrogens (tertiary/aromatic N) is 1. The molecule has 3 aliphatic carbocycles. The normalized spacial score (nSPS) is 36.3. The molecular weight excluding hydrogens is 260 g/mol. The topological polar surface area (TPSA) is 46.3 Å². The van der Waals surface area contributed by atoms with E-state index in [1.807, 2.05) is 18.2 Å². The number of nitrogens with two attached hydrogens (primary N) is 1. The van der Waals surface area contributed by atoms with Gasteiger partial charge in [0.15, 0.2) is 0 Å². The van der Waals surface area contributed by atoms with Crippen molar-refractivity contribution in [1.82, 2.24) is 4.90 Å². The van der Waals surface area contributed by atoms with Crippen molar-refractivity contribution >= 4 is 11.6 Å². The number of rotatable bonds is 1. The fraction of sp³-hybridized carbons (Fsp3) is 0.611. The molecule has 21 heavy (non-hydrogen) atoms. The molecule has 1 amide bonds. The van der Waals surface area contributed by atoms with Gasteiger partial charge >= 0.3 is 0 Å². The fourth-order valence-corrected chi connectivity index (χ4v) is 5.18. The summed E-state index contributed by atoms with van der Waals surface area (Å²) in [7, 11) is 0. The molecule has 1 aromatic carbocycles. The number of nitrogen functional groups attached to an aromatic ring is 1. The van der Waals surface area contributed by atoms with Crippen molar-refractivity contribution in [1.29, 1.82) is 0 Å². The monoisotopic (exact) mass is 284 g/mol. The first-order chi connectivity index (χ1) is 9.91. The molecule has 1 aliphatic heterocycles. The summed E-state index contributed by atoms with van der Waals surface area (Å²) in [5.41, 5.74) is 9.14. The lowest BCUT2D eigenvalue weighted by Crippen LogP contribution is -2.60. The van der Waals surface area contributed by atoms with Crippen LogP contribution in [0.2, 0.25) is 0 Å². The molecule has 3 nitrogen and oxygen atoms in total. The number of hydrogen-bond acceptors (Lipinski definition) is 2. The molecule has 3 heteroatoms. The number of hydrogen-bond donors (Lipinski definition) is 1. The van der Waals surface area contributed by atoms with Gasteiger partial charge in [-0.3, -0.25) is 4.79 Å². The highest BCUT2D eigenvalue weighted by Gasteiger charge is 2.58. The van der Waals surface area contributed by atoms with E-state index in [0.717, 1.165) is 35.1 Å². The van der Waals surface area contributed by atoms with E-state index in [1.54, 1.807) is 0 Å². The molecule has 0 saturated heterocycles. The van der Waals surface area contributed by atoms with Crippen LogP contribution in [-0.4, -0.2) is 16.8 Å². The lowest BCUT2D eigenvalue weighted by Gasteiger charge is -2.63. The number of benzene rings is 1. The summed E-state index contributed by atoms with van der Waals surface area (Å²) in [4.78, 5) is 14.8. The summed E-state index contributed by atoms with van der Waals surface area (Å²) in [5.74, 6) is 2.31. The predicted octanol–water partition coefficient (Wildman–Crippen LogP) is 3.30. The molecule has 1 heterocycles. The van der Waals surface area contributed by atoms with Gasteiger partial charge < -0.3 is 10.6 Å². The molecule has 3 saturated carbocycles. The summed E-state index contributed by atoms with van der Waals surface area (Å²) in [6.07, 6.45) is 2.51. The van der Waals surface area contributed by atoms with E-state index in [4.69, 9.17) is 5.73 Å². The van der Waals surface area contributed by atoms with Gasteiger partial charge in [0.05, 0.1) is 0 Å². The molecule has 2 N–H and O–H groups in total. The Hall–Kier alpha value is -1.51. The Bertz CT molecular complexity index is 622. The van der Waals surface area contributed by atoms with Crippen LogP contribution < -0.4 is 5.73 Å². The minimum absolute atomic E-state index is 0.188. The van der Waals surface area contributed by atoms with Gasteiger partial charge in [-0.1, -0.05) is 26.8 Å². The third-order valence-electron chi connectivity index (χ3n) is 6.75. The number of anilines is 1. The average molecular weight is 284 g/mol. The predicted molar refractivity (Wildman–Crippen MR) is 83.7 cm³/mol. The largest absolute Gasteiger partial charge is 0.398 e. The van der Waals surface area contributed by atoms with Crippen molar-refractivity contribution in [3.63, 3.8) is 0 Å². The summed E-state index contributed by atoms with van der Waals surface area (Å²) >= 11 is 0. The molecule has 2 bridgehead atoms. The van der Waals surface area contributed by atoms with Crippen molar-refractivity contribution in [2.45, 2.75) is 46.2 Å². The second kappa shape index (κ2) is 4.02. The molecule has 3 fully saturated rings. The zero-order valence-corrected chi connectivity index (χ0v) is 13.1. The lowest BCUT2D eigenvalue weighted by molar-refractivity contribution is -0.132. The maximum atomic E-state index is 12.7. The second-order valence-corrected chi connectivity index (χ2v) is 7.83. The van der Waals surface area contributed by atoms with E-state index in [-0.39, 0.29) is 5.91 Å². The van der Waals surface area contributed by atoms with Gasteiger partial charge in [-0.05, 0) is 48.1 Å². The van der Waals surface area contributed by atoms with E-state index in [9.17, 15) is 4.79 Å². The average Bonchev–Trinajstić information content (AvgIpc) is 2.77. The lowest BCUT2D eigenvalue weighted by atomic mass is 9.44. The first kappa shape index (κ1) is 13.2. The second-order valence-electron chi connectivity index (χ2n) is 7.83. The van der Waals surface area contributed by atoms with Crippen LogP contribution in [0.5, 0.6) is 0 Å². The van der Waals surface area contributed by atoms with Gasteiger partial charge in [0.1, 0.15) is 0 Å². The molecule has 5 rings (SSSR count). The smallest absolute Gasteiger partial charge is 0.254 e. The highest BCUT2D eigenvalue weighted by molar-refractivity contribution is 6.00. The van der Waals surface area contributed by atoms with Crippen molar-refractivity contribution in [3.8, 4) is 0 Å². The Balaban J connectivity index is 1.63. The number of carbonyl (C=O) groups excluding carboxylic acids is 1. The summed E-state index contributed by atoms with van der Waals surface area (Å²) in [5, 5.41) is 0. The van der Waals surface area contributed by atoms with Crippen molar-refractivity contribution in [2.24, 2.45) is 23.2 Å². The van der Waals surface area contributed by atoms with E-state index >= 15 is 0 Å². The van der Waals surface area contributed by atoms with Gasteiger partial charge in [0.2, 0.25) is 0 Å². The Morgan fingerprint density at radius 1 is 1.29 bits per heavy atom. The summed E-state index contributed by atoms with van der Waals surface area (Å²) in [6, 6.07) is 6.11. The zero-order chi connectivity index (χ0) is 14.9. The van der Waals surface area contributed by atoms with Gasteiger partial charge in [-0.25, -0.2) is 0 Å². The quantitative estimate of drug-likeness (QED) is 0.804. The van der Waals surface area contributed by atoms with Crippen LogP contribution in [0.1, 0.15) is 49.5 Å².